The normalized spacial score (nSPS) is 11.8. The highest BCUT2D eigenvalue weighted by molar-refractivity contribution is 7.07. The third kappa shape index (κ3) is 3.81. The summed E-state index contributed by atoms with van der Waals surface area (Å²) in [6.45, 7) is 6.71. The van der Waals surface area contributed by atoms with E-state index in [1.54, 1.807) is 32.5 Å². The van der Waals surface area contributed by atoms with Crippen LogP contribution >= 0.6 is 11.3 Å². The fourth-order valence-corrected chi connectivity index (χ4v) is 4.31. The summed E-state index contributed by atoms with van der Waals surface area (Å²) < 4.78 is 12.8. The van der Waals surface area contributed by atoms with E-state index in [1.807, 2.05) is 38.1 Å². The molecule has 7 heteroatoms. The number of ether oxygens (including phenoxy) is 2. The van der Waals surface area contributed by atoms with Gasteiger partial charge in [-0.1, -0.05) is 12.1 Å². The summed E-state index contributed by atoms with van der Waals surface area (Å²) in [5, 5.41) is 2.06. The summed E-state index contributed by atoms with van der Waals surface area (Å²) in [6, 6.07) is 7.68. The number of nitrogens with zero attached hydrogens (tertiary/aromatic N) is 2. The average molecular weight is 400 g/mol. The van der Waals surface area contributed by atoms with Crippen LogP contribution in [0.1, 0.15) is 28.5 Å². The van der Waals surface area contributed by atoms with Crippen LogP contribution in [0.25, 0.3) is 11.4 Å². The molecule has 2 heterocycles. The molecule has 1 N–H and O–H groups in total. The first kappa shape index (κ1) is 20.1. The molecule has 0 radical (unpaired) electrons. The van der Waals surface area contributed by atoms with E-state index in [1.165, 1.54) is 0 Å². The van der Waals surface area contributed by atoms with Crippen molar-refractivity contribution in [2.75, 3.05) is 20.8 Å². The van der Waals surface area contributed by atoms with Gasteiger partial charge in [0.1, 0.15) is 11.4 Å². The molecule has 0 aliphatic rings. The second-order valence-corrected chi connectivity index (χ2v) is 7.35. The van der Waals surface area contributed by atoms with E-state index in [-0.39, 0.29) is 5.78 Å². The topological polar surface area (TPSA) is 68.6 Å². The number of aromatic amines is 1. The van der Waals surface area contributed by atoms with Gasteiger partial charge < -0.3 is 19.0 Å². The molecule has 0 aliphatic heterocycles. The summed E-state index contributed by atoms with van der Waals surface area (Å²) >= 11 is 1.55. The molecule has 3 aromatic rings. The molecule has 3 rings (SSSR count). The minimum absolute atomic E-state index is 0.0649. The van der Waals surface area contributed by atoms with Gasteiger partial charge in [-0.3, -0.25) is 4.79 Å². The third-order valence-electron chi connectivity index (χ3n) is 4.66. The highest BCUT2D eigenvalue weighted by atomic mass is 32.1. The maximum atomic E-state index is 12.0. The molecule has 0 bridgehead atoms. The van der Waals surface area contributed by atoms with Crippen molar-refractivity contribution >= 4 is 22.8 Å². The molecule has 0 amide bonds. The third-order valence-corrected chi connectivity index (χ3v) is 5.53. The Hall–Kier alpha value is -2.64. The van der Waals surface area contributed by atoms with Gasteiger partial charge in [0, 0.05) is 30.3 Å². The lowest BCUT2D eigenvalue weighted by Crippen LogP contribution is -2.19. The lowest BCUT2D eigenvalue weighted by molar-refractivity contribution is 0.101. The number of carbonyl (C=O) groups excluding carboxylic acids is 1. The number of ketones is 1. The Labute approximate surface area is 168 Å². The van der Waals surface area contributed by atoms with Crippen LogP contribution in [0.3, 0.4) is 0 Å². The largest absolute Gasteiger partial charge is 0.494 e. The van der Waals surface area contributed by atoms with Crippen LogP contribution in [0.5, 0.6) is 5.75 Å². The van der Waals surface area contributed by atoms with E-state index < -0.39 is 0 Å². The van der Waals surface area contributed by atoms with Crippen LogP contribution in [0.15, 0.2) is 34.6 Å². The molecule has 0 spiro atoms. The second-order valence-electron chi connectivity index (χ2n) is 6.51. The Morgan fingerprint density at radius 2 is 2.00 bits per heavy atom. The minimum atomic E-state index is 0.0649. The lowest BCUT2D eigenvalue weighted by atomic mass is 10.1. The summed E-state index contributed by atoms with van der Waals surface area (Å²) in [5.74, 6) is 0.789. The van der Waals surface area contributed by atoms with Gasteiger partial charge in [-0.05, 0) is 38.5 Å². The number of nitrogens with one attached hydrogen (secondary N) is 1. The molecular weight excluding hydrogens is 374 g/mol. The van der Waals surface area contributed by atoms with Crippen molar-refractivity contribution in [2.45, 2.75) is 27.3 Å². The molecule has 0 unspecified atom stereocenters. The molecule has 28 heavy (non-hydrogen) atoms. The first-order valence-corrected chi connectivity index (χ1v) is 9.91. The van der Waals surface area contributed by atoms with E-state index >= 15 is 0 Å². The molecule has 0 saturated heterocycles. The van der Waals surface area contributed by atoms with Gasteiger partial charge in [-0.2, -0.15) is 0 Å². The van der Waals surface area contributed by atoms with Crippen LogP contribution in [-0.4, -0.2) is 36.2 Å². The van der Waals surface area contributed by atoms with Crippen molar-refractivity contribution in [1.82, 2.24) is 9.55 Å². The molecule has 0 fully saturated rings. The molecule has 148 valence electrons. The number of rotatable bonds is 7. The van der Waals surface area contributed by atoms with E-state index in [0.29, 0.717) is 13.2 Å². The maximum Gasteiger partial charge on any atom is 0.190 e. The van der Waals surface area contributed by atoms with E-state index in [0.717, 1.165) is 44.4 Å². The fourth-order valence-electron chi connectivity index (χ4n) is 3.38. The van der Waals surface area contributed by atoms with Crippen LogP contribution in [-0.2, 0) is 11.3 Å². The van der Waals surface area contributed by atoms with Crippen molar-refractivity contribution in [2.24, 2.45) is 4.99 Å². The van der Waals surface area contributed by atoms with Gasteiger partial charge in [-0.25, -0.2) is 4.99 Å². The molecule has 2 aromatic heterocycles. The monoisotopic (exact) mass is 399 g/mol. The summed E-state index contributed by atoms with van der Waals surface area (Å²) in [6.07, 6.45) is 0. The number of carbonyl (C=O) groups is 1. The fraction of sp³-hybridized carbons (Fsp3) is 0.333. The van der Waals surface area contributed by atoms with Gasteiger partial charge in [0.15, 0.2) is 10.6 Å². The smallest absolute Gasteiger partial charge is 0.190 e. The number of aryl methyl sites for hydroxylation is 1. The lowest BCUT2D eigenvalue weighted by Gasteiger charge is -2.09. The Kier molecular flexibility index (Phi) is 6.16. The highest BCUT2D eigenvalue weighted by Crippen LogP contribution is 2.29. The summed E-state index contributed by atoms with van der Waals surface area (Å²) in [7, 11) is 3.32. The molecular formula is C21H25N3O3S. The Morgan fingerprint density at radius 1 is 1.25 bits per heavy atom. The SMILES string of the molecule is COCCn1c(-c2[nH]c(C)c(C(C)=O)c2C)csc1=Nc1ccccc1OC. The predicted octanol–water partition coefficient (Wildman–Crippen LogP) is 4.25. The second kappa shape index (κ2) is 8.58. The van der Waals surface area contributed by atoms with E-state index in [4.69, 9.17) is 14.5 Å². The number of methoxy groups -OCH3 is 2. The Balaban J connectivity index is 2.18. The zero-order valence-corrected chi connectivity index (χ0v) is 17.6. The molecule has 0 aliphatic carbocycles. The number of hydrogen-bond acceptors (Lipinski definition) is 5. The van der Waals surface area contributed by atoms with E-state index in [9.17, 15) is 4.79 Å². The van der Waals surface area contributed by atoms with Crippen molar-refractivity contribution in [3.63, 3.8) is 0 Å². The zero-order chi connectivity index (χ0) is 20.3. The van der Waals surface area contributed by atoms with Crippen molar-refractivity contribution < 1.29 is 14.3 Å². The average Bonchev–Trinajstić information content (AvgIpc) is 3.20. The standard InChI is InChI=1S/C21H25N3O3S/c1-13-19(15(3)25)14(2)22-20(13)17-12-28-21(24(17)10-11-26-4)23-16-8-6-7-9-18(16)27-5/h6-9,12,22H,10-11H2,1-5H3. The van der Waals surface area contributed by atoms with Crippen LogP contribution in [0.4, 0.5) is 5.69 Å². The summed E-state index contributed by atoms with van der Waals surface area (Å²) in [5.41, 5.74) is 5.29. The van der Waals surface area contributed by atoms with Crippen LogP contribution in [0, 0.1) is 13.8 Å². The Bertz CT molecular complexity index is 1060. The number of thiazole rings is 1. The van der Waals surface area contributed by atoms with Crippen molar-refractivity contribution in [3.8, 4) is 17.1 Å². The van der Waals surface area contributed by atoms with E-state index in [2.05, 4.69) is 14.9 Å². The maximum absolute atomic E-state index is 12.0. The molecule has 1 aromatic carbocycles. The van der Waals surface area contributed by atoms with Crippen molar-refractivity contribution in [1.29, 1.82) is 0 Å². The highest BCUT2D eigenvalue weighted by Gasteiger charge is 2.19. The van der Waals surface area contributed by atoms with Gasteiger partial charge in [-0.15, -0.1) is 11.3 Å². The van der Waals surface area contributed by atoms with Gasteiger partial charge in [0.2, 0.25) is 0 Å². The number of para-hydroxylation sites is 2. The Morgan fingerprint density at radius 3 is 2.64 bits per heavy atom. The van der Waals surface area contributed by atoms with Crippen LogP contribution in [0.2, 0.25) is 0 Å². The van der Waals surface area contributed by atoms with Crippen LogP contribution < -0.4 is 9.54 Å². The molecule has 6 nitrogen and oxygen atoms in total. The molecule has 0 atom stereocenters. The number of benzene rings is 1. The van der Waals surface area contributed by atoms with Gasteiger partial charge in [0.25, 0.3) is 0 Å². The first-order valence-electron chi connectivity index (χ1n) is 9.03. The predicted molar refractivity (Wildman–Crippen MR) is 112 cm³/mol. The number of H-pyrrole nitrogens is 1. The minimum Gasteiger partial charge on any atom is -0.494 e. The van der Waals surface area contributed by atoms with Gasteiger partial charge >= 0.3 is 0 Å². The number of Topliss-reactive ketones (excluding diaryl/α,β-unsaturated/α-hetero) is 1. The number of hydrogen-bond donors (Lipinski definition) is 1. The van der Waals surface area contributed by atoms with Crippen molar-refractivity contribution in [3.05, 3.63) is 51.3 Å². The van der Waals surface area contributed by atoms with Gasteiger partial charge in [0.05, 0.1) is 25.1 Å². The summed E-state index contributed by atoms with van der Waals surface area (Å²) in [4.78, 5) is 21.1. The number of aromatic nitrogens is 2. The quantitative estimate of drug-likeness (QED) is 0.604. The zero-order valence-electron chi connectivity index (χ0n) is 16.8. The first-order chi connectivity index (χ1) is 13.5. The molecule has 0 saturated carbocycles.